The van der Waals surface area contributed by atoms with Crippen LogP contribution in [0.25, 0.3) is 0 Å². The Hall–Kier alpha value is -1.95. The molecule has 1 fully saturated rings. The van der Waals surface area contributed by atoms with Gasteiger partial charge in [0.05, 0.1) is 31.3 Å². The Labute approximate surface area is 153 Å². The molecule has 1 aliphatic heterocycles. The molecular weight excluding hydrogens is 346 g/mol. The van der Waals surface area contributed by atoms with Crippen LogP contribution in [0.3, 0.4) is 0 Å². The van der Waals surface area contributed by atoms with E-state index in [-0.39, 0.29) is 17.8 Å². The van der Waals surface area contributed by atoms with Crippen molar-refractivity contribution in [2.45, 2.75) is 26.7 Å². The van der Waals surface area contributed by atoms with Crippen LogP contribution in [0, 0.1) is 5.92 Å². The van der Waals surface area contributed by atoms with E-state index < -0.39 is 0 Å². The molecule has 0 aromatic heterocycles. The molecule has 0 saturated carbocycles. The molecule has 1 aliphatic rings. The highest BCUT2D eigenvalue weighted by molar-refractivity contribution is 6.32. The number of carbonyl (C=O) groups is 2. The first-order valence-corrected chi connectivity index (χ1v) is 8.85. The fourth-order valence-corrected chi connectivity index (χ4v) is 3.19. The summed E-state index contributed by atoms with van der Waals surface area (Å²) in [5.74, 6) is 0.125. The summed E-state index contributed by atoms with van der Waals surface area (Å²) in [5, 5.41) is 0.323. The maximum Gasteiger partial charge on any atom is 0.310 e. The lowest BCUT2D eigenvalue weighted by Gasteiger charge is -2.31. The molecule has 6 nitrogen and oxygen atoms in total. The summed E-state index contributed by atoms with van der Waals surface area (Å²) in [6.07, 6.45) is 1.49. The van der Waals surface area contributed by atoms with E-state index in [0.29, 0.717) is 48.4 Å². The third kappa shape index (κ3) is 4.57. The SMILES string of the molecule is CCOC(=O)[C@H]1CCCN(C(=O)c2cc(Cl)c(OCC)c(OC)c2)C1. The summed E-state index contributed by atoms with van der Waals surface area (Å²) < 4.78 is 15.8. The Bertz CT molecular complexity index is 634. The van der Waals surface area contributed by atoms with Crippen molar-refractivity contribution in [3.8, 4) is 11.5 Å². The van der Waals surface area contributed by atoms with E-state index >= 15 is 0 Å². The fourth-order valence-electron chi connectivity index (χ4n) is 2.92. The smallest absolute Gasteiger partial charge is 0.310 e. The Morgan fingerprint density at radius 2 is 2.04 bits per heavy atom. The zero-order chi connectivity index (χ0) is 18.4. The molecule has 1 aromatic rings. The maximum absolute atomic E-state index is 12.8. The van der Waals surface area contributed by atoms with Crippen LogP contribution in [0.4, 0.5) is 0 Å². The third-order valence-corrected chi connectivity index (χ3v) is 4.37. The van der Waals surface area contributed by atoms with Crippen molar-refractivity contribution in [1.29, 1.82) is 0 Å². The van der Waals surface area contributed by atoms with E-state index in [9.17, 15) is 9.59 Å². The standard InChI is InChI=1S/C18H24ClNO5/c1-4-24-16-14(19)9-13(10-15(16)23-3)17(21)20-8-6-7-12(11-20)18(22)25-5-2/h9-10,12H,4-8,11H2,1-3H3/t12-/m0/s1. The van der Waals surface area contributed by atoms with Crippen molar-refractivity contribution >= 4 is 23.5 Å². The predicted octanol–water partition coefficient (Wildman–Crippen LogP) is 3.16. The minimum Gasteiger partial charge on any atom is -0.493 e. The number of nitrogens with zero attached hydrogens (tertiary/aromatic N) is 1. The average Bonchev–Trinajstić information content (AvgIpc) is 2.63. The molecule has 1 amide bonds. The average molecular weight is 370 g/mol. The van der Waals surface area contributed by atoms with E-state index in [1.54, 1.807) is 24.0 Å². The third-order valence-electron chi connectivity index (χ3n) is 4.09. The second kappa shape index (κ2) is 8.94. The summed E-state index contributed by atoms with van der Waals surface area (Å²) >= 11 is 6.25. The Morgan fingerprint density at radius 1 is 1.28 bits per heavy atom. The van der Waals surface area contributed by atoms with Gasteiger partial charge in [0.25, 0.3) is 5.91 Å². The summed E-state index contributed by atoms with van der Waals surface area (Å²) in [6, 6.07) is 3.19. The van der Waals surface area contributed by atoms with Crippen LogP contribution in [-0.4, -0.2) is 50.2 Å². The number of esters is 1. The van der Waals surface area contributed by atoms with E-state index in [2.05, 4.69) is 0 Å². The van der Waals surface area contributed by atoms with Crippen molar-refractivity contribution in [1.82, 2.24) is 4.90 Å². The molecule has 138 valence electrons. The molecule has 1 saturated heterocycles. The number of hydrogen-bond donors (Lipinski definition) is 0. The lowest BCUT2D eigenvalue weighted by atomic mass is 9.97. The van der Waals surface area contributed by atoms with Crippen LogP contribution in [0.15, 0.2) is 12.1 Å². The maximum atomic E-state index is 12.8. The number of rotatable bonds is 6. The van der Waals surface area contributed by atoms with Gasteiger partial charge in [0.15, 0.2) is 11.5 Å². The van der Waals surface area contributed by atoms with Crippen molar-refractivity contribution in [3.05, 3.63) is 22.7 Å². The van der Waals surface area contributed by atoms with Crippen molar-refractivity contribution in [2.24, 2.45) is 5.92 Å². The van der Waals surface area contributed by atoms with E-state index in [4.69, 9.17) is 25.8 Å². The van der Waals surface area contributed by atoms with Gasteiger partial charge in [0, 0.05) is 18.7 Å². The van der Waals surface area contributed by atoms with Crippen molar-refractivity contribution in [3.63, 3.8) is 0 Å². The van der Waals surface area contributed by atoms with Crippen LogP contribution in [-0.2, 0) is 9.53 Å². The van der Waals surface area contributed by atoms with Gasteiger partial charge in [-0.05, 0) is 38.8 Å². The molecule has 0 bridgehead atoms. The highest BCUT2D eigenvalue weighted by atomic mass is 35.5. The minimum atomic E-state index is -0.280. The molecule has 0 unspecified atom stereocenters. The van der Waals surface area contributed by atoms with Crippen LogP contribution >= 0.6 is 11.6 Å². The Morgan fingerprint density at radius 3 is 2.68 bits per heavy atom. The molecule has 2 rings (SSSR count). The van der Waals surface area contributed by atoms with Gasteiger partial charge in [-0.1, -0.05) is 11.6 Å². The molecule has 0 radical (unpaired) electrons. The number of hydrogen-bond acceptors (Lipinski definition) is 5. The number of methoxy groups -OCH3 is 1. The number of piperidine rings is 1. The molecule has 0 aliphatic carbocycles. The van der Waals surface area contributed by atoms with Crippen LogP contribution < -0.4 is 9.47 Å². The molecule has 1 aromatic carbocycles. The Kier molecular flexibility index (Phi) is 6.93. The monoisotopic (exact) mass is 369 g/mol. The van der Waals surface area contributed by atoms with Gasteiger partial charge in [-0.25, -0.2) is 0 Å². The summed E-state index contributed by atoms with van der Waals surface area (Å²) in [5.41, 5.74) is 0.412. The van der Waals surface area contributed by atoms with Crippen LogP contribution in [0.2, 0.25) is 5.02 Å². The van der Waals surface area contributed by atoms with Gasteiger partial charge in [0.1, 0.15) is 0 Å². The summed E-state index contributed by atoms with van der Waals surface area (Å²) in [7, 11) is 1.50. The highest BCUT2D eigenvalue weighted by Gasteiger charge is 2.30. The number of halogens is 1. The number of ether oxygens (including phenoxy) is 3. The number of benzene rings is 1. The minimum absolute atomic E-state index is 0.183. The molecule has 1 heterocycles. The summed E-state index contributed by atoms with van der Waals surface area (Å²) in [4.78, 5) is 26.5. The van der Waals surface area contributed by atoms with E-state index in [1.807, 2.05) is 6.92 Å². The van der Waals surface area contributed by atoms with Crippen molar-refractivity contribution < 1.29 is 23.8 Å². The predicted molar refractivity (Wildman–Crippen MR) is 94.4 cm³/mol. The summed E-state index contributed by atoms with van der Waals surface area (Å²) in [6.45, 7) is 5.36. The van der Waals surface area contributed by atoms with Gasteiger partial charge in [-0.3, -0.25) is 9.59 Å². The highest BCUT2D eigenvalue weighted by Crippen LogP contribution is 2.37. The molecule has 25 heavy (non-hydrogen) atoms. The second-order valence-electron chi connectivity index (χ2n) is 5.76. The molecule has 7 heteroatoms. The van der Waals surface area contributed by atoms with Crippen LogP contribution in [0.1, 0.15) is 37.0 Å². The molecule has 1 atom stereocenters. The van der Waals surface area contributed by atoms with Gasteiger partial charge < -0.3 is 19.1 Å². The van der Waals surface area contributed by atoms with Gasteiger partial charge >= 0.3 is 5.97 Å². The van der Waals surface area contributed by atoms with Gasteiger partial charge in [-0.2, -0.15) is 0 Å². The lowest BCUT2D eigenvalue weighted by Crippen LogP contribution is -2.42. The molecule has 0 N–H and O–H groups in total. The van der Waals surface area contributed by atoms with Gasteiger partial charge in [0.2, 0.25) is 0 Å². The largest absolute Gasteiger partial charge is 0.493 e. The number of amides is 1. The number of likely N-dealkylation sites (tertiary alicyclic amines) is 1. The van der Waals surface area contributed by atoms with E-state index in [1.165, 1.54) is 7.11 Å². The Balaban J connectivity index is 2.19. The van der Waals surface area contributed by atoms with Gasteiger partial charge in [-0.15, -0.1) is 0 Å². The van der Waals surface area contributed by atoms with E-state index in [0.717, 1.165) is 12.8 Å². The molecule has 0 spiro atoms. The quantitative estimate of drug-likeness (QED) is 0.720. The number of carbonyl (C=O) groups excluding carboxylic acids is 2. The van der Waals surface area contributed by atoms with Crippen molar-refractivity contribution in [2.75, 3.05) is 33.4 Å². The molecular formula is C18H24ClNO5. The first-order valence-electron chi connectivity index (χ1n) is 8.48. The topological polar surface area (TPSA) is 65.1 Å². The zero-order valence-electron chi connectivity index (χ0n) is 14.8. The first-order chi connectivity index (χ1) is 12.0. The normalized spacial score (nSPS) is 17.1. The first kappa shape index (κ1) is 19.4. The lowest BCUT2D eigenvalue weighted by molar-refractivity contribution is -0.149. The second-order valence-corrected chi connectivity index (χ2v) is 6.17. The zero-order valence-corrected chi connectivity index (χ0v) is 15.6. The fraction of sp³-hybridized carbons (Fsp3) is 0.556. The van der Waals surface area contributed by atoms with Crippen LogP contribution in [0.5, 0.6) is 11.5 Å².